The number of methoxy groups -OCH3 is 1. The van der Waals surface area contributed by atoms with Crippen LogP contribution in [0.2, 0.25) is 0 Å². The normalized spacial score (nSPS) is 15.2. The number of hydrogen-bond acceptors (Lipinski definition) is 6. The third-order valence-electron chi connectivity index (χ3n) is 7.10. The van der Waals surface area contributed by atoms with E-state index < -0.39 is 0 Å². The number of aryl methyl sites for hydroxylation is 1. The van der Waals surface area contributed by atoms with Gasteiger partial charge in [0.1, 0.15) is 5.75 Å². The van der Waals surface area contributed by atoms with E-state index in [0.29, 0.717) is 37.0 Å². The molecule has 206 valence electrons. The Bertz CT molecular complexity index is 1450. The Labute approximate surface area is 239 Å². The number of amides is 2. The van der Waals surface area contributed by atoms with Crippen LogP contribution in [-0.2, 0) is 16.0 Å². The fraction of sp³-hybridized carbons (Fsp3) is 0.290. The molecule has 3 aromatic carbocycles. The lowest BCUT2D eigenvalue weighted by Crippen LogP contribution is -2.56. The first-order valence-electron chi connectivity index (χ1n) is 13.3. The molecule has 0 radical (unpaired) electrons. The maximum Gasteiger partial charge on any atom is 0.233 e. The van der Waals surface area contributed by atoms with Crippen LogP contribution < -0.4 is 4.74 Å². The molecule has 9 heteroatoms. The van der Waals surface area contributed by atoms with Crippen molar-refractivity contribution in [2.45, 2.75) is 31.5 Å². The van der Waals surface area contributed by atoms with Gasteiger partial charge in [0.15, 0.2) is 11.0 Å². The molecule has 1 aromatic heterocycles. The van der Waals surface area contributed by atoms with Gasteiger partial charge in [0, 0.05) is 36.9 Å². The van der Waals surface area contributed by atoms with Gasteiger partial charge in [0.2, 0.25) is 11.8 Å². The summed E-state index contributed by atoms with van der Waals surface area (Å²) in [5.74, 6) is 1.81. The smallest absolute Gasteiger partial charge is 0.233 e. The average molecular weight is 556 g/mol. The van der Waals surface area contributed by atoms with Crippen LogP contribution in [0, 0.1) is 6.92 Å². The molecule has 5 rings (SSSR count). The van der Waals surface area contributed by atoms with Gasteiger partial charge in [-0.1, -0.05) is 71.9 Å². The standard InChI is InChI=1S/C31H33N5O3S/c1-22-9-11-25(12-10-22)30-32-33-31(36(30)26-13-15-27(39-3)16-14-26)40-21-29(38)34-17-18-35(23(2)20-34)28(37)19-24-7-5-4-6-8-24/h4-16,23H,17-21H2,1-3H3. The Hall–Kier alpha value is -4.11. The maximum absolute atomic E-state index is 13.3. The quantitative estimate of drug-likeness (QED) is 0.295. The molecule has 0 saturated carbocycles. The van der Waals surface area contributed by atoms with Crippen LogP contribution in [0.4, 0.5) is 0 Å². The highest BCUT2D eigenvalue weighted by Crippen LogP contribution is 2.29. The zero-order chi connectivity index (χ0) is 28.1. The van der Waals surface area contributed by atoms with Crippen LogP contribution in [0.25, 0.3) is 17.1 Å². The van der Waals surface area contributed by atoms with E-state index in [1.807, 2.05) is 107 Å². The molecule has 0 N–H and O–H groups in total. The second-order valence-corrected chi connectivity index (χ2v) is 10.9. The molecule has 1 atom stereocenters. The molecule has 2 heterocycles. The molecule has 4 aromatic rings. The monoisotopic (exact) mass is 555 g/mol. The van der Waals surface area contributed by atoms with Crippen LogP contribution in [0.15, 0.2) is 84.0 Å². The summed E-state index contributed by atoms with van der Waals surface area (Å²) in [6.07, 6.45) is 0.374. The van der Waals surface area contributed by atoms with Crippen LogP contribution >= 0.6 is 11.8 Å². The van der Waals surface area contributed by atoms with Crippen molar-refractivity contribution in [1.82, 2.24) is 24.6 Å². The summed E-state index contributed by atoms with van der Waals surface area (Å²) in [6.45, 7) is 5.61. The molecule has 0 bridgehead atoms. The van der Waals surface area contributed by atoms with Crippen molar-refractivity contribution in [2.24, 2.45) is 0 Å². The van der Waals surface area contributed by atoms with Crippen LogP contribution in [0.3, 0.4) is 0 Å². The first-order valence-corrected chi connectivity index (χ1v) is 14.3. The van der Waals surface area contributed by atoms with Crippen LogP contribution in [0.1, 0.15) is 18.1 Å². The van der Waals surface area contributed by atoms with Crippen LogP contribution in [0.5, 0.6) is 5.75 Å². The highest BCUT2D eigenvalue weighted by Gasteiger charge is 2.30. The number of thioether (sulfide) groups is 1. The largest absolute Gasteiger partial charge is 0.497 e. The van der Waals surface area contributed by atoms with E-state index in [4.69, 9.17) is 4.74 Å². The first-order chi connectivity index (χ1) is 19.4. The topological polar surface area (TPSA) is 80.6 Å². The van der Waals surface area contributed by atoms with Gasteiger partial charge in [-0.05, 0) is 43.7 Å². The molecule has 2 amide bonds. The third kappa shape index (κ3) is 6.20. The first kappa shape index (κ1) is 27.5. The van der Waals surface area contributed by atoms with Gasteiger partial charge in [-0.2, -0.15) is 0 Å². The molecule has 1 saturated heterocycles. The summed E-state index contributed by atoms with van der Waals surface area (Å²) in [7, 11) is 1.64. The Morgan fingerprint density at radius 2 is 1.65 bits per heavy atom. The summed E-state index contributed by atoms with van der Waals surface area (Å²) < 4.78 is 7.31. The number of benzene rings is 3. The van der Waals surface area contributed by atoms with E-state index in [9.17, 15) is 9.59 Å². The van der Waals surface area contributed by atoms with Gasteiger partial charge in [-0.3, -0.25) is 14.2 Å². The summed E-state index contributed by atoms with van der Waals surface area (Å²) in [4.78, 5) is 29.9. The van der Waals surface area contributed by atoms with Gasteiger partial charge in [0.25, 0.3) is 0 Å². The fourth-order valence-corrected chi connectivity index (χ4v) is 5.72. The summed E-state index contributed by atoms with van der Waals surface area (Å²) in [5.41, 5.74) is 3.99. The number of carbonyl (C=O) groups is 2. The second-order valence-electron chi connectivity index (χ2n) is 9.93. The molecule has 1 unspecified atom stereocenters. The van der Waals surface area contributed by atoms with Gasteiger partial charge in [-0.25, -0.2) is 0 Å². The van der Waals surface area contributed by atoms with Gasteiger partial charge in [0.05, 0.1) is 19.3 Å². The molecule has 0 spiro atoms. The highest BCUT2D eigenvalue weighted by molar-refractivity contribution is 7.99. The molecular formula is C31H33N5O3S. The molecule has 0 aliphatic carbocycles. The number of rotatable bonds is 8. The zero-order valence-corrected chi connectivity index (χ0v) is 23.8. The van der Waals surface area contributed by atoms with E-state index in [1.165, 1.54) is 11.8 Å². The fourth-order valence-electron chi connectivity index (χ4n) is 4.86. The second kappa shape index (κ2) is 12.4. The van der Waals surface area contributed by atoms with Gasteiger partial charge >= 0.3 is 0 Å². The number of carbonyl (C=O) groups excluding carboxylic acids is 2. The van der Waals surface area contributed by atoms with Gasteiger partial charge in [-0.15, -0.1) is 10.2 Å². The van der Waals surface area contributed by atoms with E-state index in [2.05, 4.69) is 10.2 Å². The van der Waals surface area contributed by atoms with Crippen molar-refractivity contribution in [3.8, 4) is 22.8 Å². The summed E-state index contributed by atoms with van der Waals surface area (Å²) >= 11 is 1.37. The maximum atomic E-state index is 13.3. The van der Waals surface area contributed by atoms with E-state index in [-0.39, 0.29) is 23.6 Å². The Balaban J connectivity index is 1.27. The number of nitrogens with zero attached hydrogens (tertiary/aromatic N) is 5. The Morgan fingerprint density at radius 3 is 2.33 bits per heavy atom. The summed E-state index contributed by atoms with van der Waals surface area (Å²) in [5, 5.41) is 9.59. The molecule has 40 heavy (non-hydrogen) atoms. The minimum Gasteiger partial charge on any atom is -0.497 e. The van der Waals surface area contributed by atoms with Crippen molar-refractivity contribution in [1.29, 1.82) is 0 Å². The lowest BCUT2D eigenvalue weighted by Gasteiger charge is -2.40. The number of piperazine rings is 1. The van der Waals surface area contributed by atoms with Crippen molar-refractivity contribution < 1.29 is 14.3 Å². The van der Waals surface area contributed by atoms with E-state index in [1.54, 1.807) is 7.11 Å². The van der Waals surface area contributed by atoms with Crippen molar-refractivity contribution in [3.05, 3.63) is 90.0 Å². The minimum atomic E-state index is -0.0463. The molecule has 1 aliphatic heterocycles. The molecule has 1 fully saturated rings. The van der Waals surface area contributed by atoms with E-state index >= 15 is 0 Å². The Kier molecular flexibility index (Phi) is 8.50. The van der Waals surface area contributed by atoms with Crippen molar-refractivity contribution >= 4 is 23.6 Å². The predicted molar refractivity (Wildman–Crippen MR) is 157 cm³/mol. The molecule has 8 nitrogen and oxygen atoms in total. The van der Waals surface area contributed by atoms with Crippen molar-refractivity contribution in [3.63, 3.8) is 0 Å². The lowest BCUT2D eigenvalue weighted by atomic mass is 10.1. The number of hydrogen-bond donors (Lipinski definition) is 0. The number of aromatic nitrogens is 3. The van der Waals surface area contributed by atoms with E-state index in [0.717, 1.165) is 28.1 Å². The third-order valence-corrected chi connectivity index (χ3v) is 8.01. The highest BCUT2D eigenvalue weighted by atomic mass is 32.2. The lowest BCUT2D eigenvalue weighted by molar-refractivity contribution is -0.140. The zero-order valence-electron chi connectivity index (χ0n) is 23.0. The molecular weight excluding hydrogens is 522 g/mol. The summed E-state index contributed by atoms with van der Waals surface area (Å²) in [6, 6.07) is 25.6. The predicted octanol–water partition coefficient (Wildman–Crippen LogP) is 4.65. The van der Waals surface area contributed by atoms with Crippen LogP contribution in [-0.4, -0.2) is 74.9 Å². The Morgan fingerprint density at radius 1 is 0.925 bits per heavy atom. The molecule has 1 aliphatic rings. The average Bonchev–Trinajstić information content (AvgIpc) is 3.40. The van der Waals surface area contributed by atoms with Gasteiger partial charge < -0.3 is 14.5 Å². The van der Waals surface area contributed by atoms with Crippen molar-refractivity contribution in [2.75, 3.05) is 32.5 Å². The minimum absolute atomic E-state index is 0.0215. The number of ether oxygens (including phenoxy) is 1. The SMILES string of the molecule is COc1ccc(-n2c(SCC(=O)N3CCN(C(=O)Cc4ccccc4)C(C)C3)nnc2-c2ccc(C)cc2)cc1.